The van der Waals surface area contributed by atoms with Gasteiger partial charge in [0.1, 0.15) is 0 Å². The smallest absolute Gasteiger partial charge is 0.255 e. The summed E-state index contributed by atoms with van der Waals surface area (Å²) in [5.41, 5.74) is 4.08. The van der Waals surface area contributed by atoms with Crippen LogP contribution in [0, 0.1) is 19.8 Å². The zero-order chi connectivity index (χ0) is 19.1. The summed E-state index contributed by atoms with van der Waals surface area (Å²) < 4.78 is 1.73. The molecular formula is C21H24N4O2. The number of aliphatic hydroxyl groups excluding tert-OH is 1. The lowest BCUT2D eigenvalue weighted by molar-refractivity contribution is 0.0235. The van der Waals surface area contributed by atoms with E-state index >= 15 is 0 Å². The fourth-order valence-corrected chi connectivity index (χ4v) is 3.95. The number of rotatable bonds is 4. The van der Waals surface area contributed by atoms with Crippen molar-refractivity contribution in [1.82, 2.24) is 20.1 Å². The van der Waals surface area contributed by atoms with Crippen LogP contribution >= 0.6 is 0 Å². The molecule has 1 amide bonds. The Morgan fingerprint density at radius 2 is 2.04 bits per heavy atom. The summed E-state index contributed by atoms with van der Waals surface area (Å²) >= 11 is 0. The molecule has 2 heterocycles. The summed E-state index contributed by atoms with van der Waals surface area (Å²) in [6.07, 6.45) is 2.91. The van der Waals surface area contributed by atoms with Crippen molar-refractivity contribution in [2.75, 3.05) is 0 Å². The second-order valence-electron chi connectivity index (χ2n) is 7.47. The molecule has 140 valence electrons. The third kappa shape index (κ3) is 3.21. The van der Waals surface area contributed by atoms with Gasteiger partial charge in [-0.1, -0.05) is 18.2 Å². The maximum absolute atomic E-state index is 13.0. The van der Waals surface area contributed by atoms with Crippen LogP contribution in [0.3, 0.4) is 0 Å². The molecule has 0 bridgehead atoms. The molecule has 2 aromatic heterocycles. The van der Waals surface area contributed by atoms with E-state index in [1.54, 1.807) is 4.68 Å². The lowest BCUT2D eigenvalue weighted by atomic mass is 9.75. The van der Waals surface area contributed by atoms with Gasteiger partial charge in [0.2, 0.25) is 0 Å². The molecule has 0 saturated heterocycles. The summed E-state index contributed by atoms with van der Waals surface area (Å²) in [6, 6.07) is 9.84. The van der Waals surface area contributed by atoms with Crippen LogP contribution in [0.4, 0.5) is 0 Å². The van der Waals surface area contributed by atoms with Crippen LogP contribution in [0.2, 0.25) is 0 Å². The monoisotopic (exact) mass is 364 g/mol. The van der Waals surface area contributed by atoms with Crippen LogP contribution in [0.15, 0.2) is 36.5 Å². The van der Waals surface area contributed by atoms with E-state index in [0.29, 0.717) is 18.4 Å². The maximum Gasteiger partial charge on any atom is 0.255 e. The number of carbonyl (C=O) groups excluding carboxylic acids is 1. The van der Waals surface area contributed by atoms with Crippen LogP contribution in [-0.4, -0.2) is 31.9 Å². The van der Waals surface area contributed by atoms with Crippen molar-refractivity contribution < 1.29 is 9.90 Å². The topological polar surface area (TPSA) is 80.0 Å². The number of aliphatic hydroxyl groups is 1. The quantitative estimate of drug-likeness (QED) is 0.746. The summed E-state index contributed by atoms with van der Waals surface area (Å²) in [5.74, 6) is 0.0712. The van der Waals surface area contributed by atoms with Crippen molar-refractivity contribution in [2.24, 2.45) is 13.0 Å². The first-order chi connectivity index (χ1) is 12.9. The molecule has 0 aliphatic heterocycles. The van der Waals surface area contributed by atoms with Gasteiger partial charge in [-0.05, 0) is 50.3 Å². The predicted octanol–water partition coefficient (Wildman–Crippen LogP) is 2.83. The van der Waals surface area contributed by atoms with Crippen molar-refractivity contribution >= 4 is 16.8 Å². The van der Waals surface area contributed by atoms with Crippen molar-refractivity contribution in [3.05, 3.63) is 59.0 Å². The molecule has 1 unspecified atom stereocenters. The summed E-state index contributed by atoms with van der Waals surface area (Å²) in [6.45, 7) is 3.75. The molecule has 6 nitrogen and oxygen atoms in total. The Hall–Kier alpha value is -2.73. The highest BCUT2D eigenvalue weighted by molar-refractivity contribution is 5.96. The van der Waals surface area contributed by atoms with Crippen LogP contribution in [0.5, 0.6) is 0 Å². The molecule has 3 aromatic rings. The van der Waals surface area contributed by atoms with Gasteiger partial charge in [-0.3, -0.25) is 14.5 Å². The first-order valence-corrected chi connectivity index (χ1v) is 9.28. The number of aromatic nitrogens is 3. The number of carbonyl (C=O) groups is 1. The number of amides is 1. The third-order valence-corrected chi connectivity index (χ3v) is 5.61. The Balaban J connectivity index is 1.67. The van der Waals surface area contributed by atoms with Gasteiger partial charge in [0.05, 0.1) is 28.9 Å². The van der Waals surface area contributed by atoms with E-state index in [-0.39, 0.29) is 24.0 Å². The minimum absolute atomic E-state index is 0.127. The van der Waals surface area contributed by atoms with Gasteiger partial charge in [-0.15, -0.1) is 0 Å². The highest BCUT2D eigenvalue weighted by Crippen LogP contribution is 2.38. The van der Waals surface area contributed by atoms with Crippen LogP contribution in [0.25, 0.3) is 10.9 Å². The average molecular weight is 364 g/mol. The Bertz CT molecular complexity index is 1000. The van der Waals surface area contributed by atoms with Crippen LogP contribution < -0.4 is 5.32 Å². The van der Waals surface area contributed by atoms with E-state index in [4.69, 9.17) is 0 Å². The Labute approximate surface area is 158 Å². The first kappa shape index (κ1) is 17.7. The van der Waals surface area contributed by atoms with E-state index in [1.165, 1.54) is 0 Å². The molecule has 1 aliphatic carbocycles. The van der Waals surface area contributed by atoms with Gasteiger partial charge < -0.3 is 10.4 Å². The zero-order valence-corrected chi connectivity index (χ0v) is 15.8. The van der Waals surface area contributed by atoms with E-state index in [1.807, 2.05) is 51.4 Å². The second kappa shape index (κ2) is 6.78. The molecule has 27 heavy (non-hydrogen) atoms. The molecule has 0 radical (unpaired) electrons. The fraction of sp³-hybridized carbons (Fsp3) is 0.381. The standard InChI is InChI=1S/C21H24N4O2/c1-12-19(13(2)25(3)24-12)21(27)23-20(15-9-17(26)10-15)16-8-14-6-4-5-7-18(14)22-11-16/h4-8,11,15,17,20,26H,9-10H2,1-3H3,(H,23,27). The van der Waals surface area contributed by atoms with Gasteiger partial charge in [-0.25, -0.2) is 0 Å². The Morgan fingerprint density at radius 3 is 2.70 bits per heavy atom. The van der Waals surface area contributed by atoms with Crippen molar-refractivity contribution in [3.8, 4) is 0 Å². The minimum Gasteiger partial charge on any atom is -0.393 e. The molecule has 6 heteroatoms. The third-order valence-electron chi connectivity index (χ3n) is 5.61. The average Bonchev–Trinajstić information content (AvgIpc) is 2.89. The highest BCUT2D eigenvalue weighted by Gasteiger charge is 2.36. The van der Waals surface area contributed by atoms with E-state index in [9.17, 15) is 9.90 Å². The number of hydrogen-bond acceptors (Lipinski definition) is 4. The second-order valence-corrected chi connectivity index (χ2v) is 7.47. The lowest BCUT2D eigenvalue weighted by Crippen LogP contribution is -2.41. The van der Waals surface area contributed by atoms with Gasteiger partial charge in [0.15, 0.2) is 0 Å². The molecule has 1 saturated carbocycles. The predicted molar refractivity (Wildman–Crippen MR) is 103 cm³/mol. The summed E-state index contributed by atoms with van der Waals surface area (Å²) in [5, 5.41) is 18.4. The molecule has 1 aromatic carbocycles. The van der Waals surface area contributed by atoms with Gasteiger partial charge in [-0.2, -0.15) is 5.10 Å². The van der Waals surface area contributed by atoms with Gasteiger partial charge in [0.25, 0.3) is 5.91 Å². The largest absolute Gasteiger partial charge is 0.393 e. The Morgan fingerprint density at radius 1 is 1.30 bits per heavy atom. The van der Waals surface area contributed by atoms with Crippen molar-refractivity contribution in [3.63, 3.8) is 0 Å². The highest BCUT2D eigenvalue weighted by atomic mass is 16.3. The zero-order valence-electron chi connectivity index (χ0n) is 15.8. The first-order valence-electron chi connectivity index (χ1n) is 9.28. The van der Waals surface area contributed by atoms with E-state index < -0.39 is 0 Å². The van der Waals surface area contributed by atoms with Crippen LogP contribution in [-0.2, 0) is 7.05 Å². The van der Waals surface area contributed by atoms with E-state index in [2.05, 4.69) is 21.5 Å². The molecule has 1 atom stereocenters. The molecule has 2 N–H and O–H groups in total. The van der Waals surface area contributed by atoms with Gasteiger partial charge >= 0.3 is 0 Å². The number of hydrogen-bond donors (Lipinski definition) is 2. The summed E-state index contributed by atoms with van der Waals surface area (Å²) in [7, 11) is 1.84. The minimum atomic E-state index is -0.287. The number of aryl methyl sites for hydroxylation is 2. The lowest BCUT2D eigenvalue weighted by Gasteiger charge is -2.38. The molecular weight excluding hydrogens is 340 g/mol. The molecule has 1 aliphatic rings. The number of benzene rings is 1. The van der Waals surface area contributed by atoms with Gasteiger partial charge in [0, 0.05) is 24.3 Å². The fourth-order valence-electron chi connectivity index (χ4n) is 3.95. The Kier molecular flexibility index (Phi) is 4.44. The SMILES string of the molecule is Cc1nn(C)c(C)c1C(=O)NC(c1cnc2ccccc2c1)C1CC(O)C1. The number of pyridine rings is 1. The van der Waals surface area contributed by atoms with Crippen molar-refractivity contribution in [2.45, 2.75) is 38.8 Å². The summed E-state index contributed by atoms with van der Waals surface area (Å²) in [4.78, 5) is 17.6. The van der Waals surface area contributed by atoms with Crippen LogP contribution in [0.1, 0.15) is 46.2 Å². The number of nitrogens with zero attached hydrogens (tertiary/aromatic N) is 3. The van der Waals surface area contributed by atoms with Crippen molar-refractivity contribution in [1.29, 1.82) is 0 Å². The maximum atomic E-state index is 13.0. The number of para-hydroxylation sites is 1. The molecule has 4 rings (SSSR count). The molecule has 1 fully saturated rings. The normalized spacial score (nSPS) is 20.3. The number of nitrogens with one attached hydrogen (secondary N) is 1. The number of fused-ring (bicyclic) bond motifs is 1. The molecule has 0 spiro atoms. The van der Waals surface area contributed by atoms with E-state index in [0.717, 1.165) is 27.9 Å².